The second kappa shape index (κ2) is 6.65. The SMILES string of the molecule is CCNS(=O)(=O)N1CCC(Cc2ccc(F)cc2)CC1. The number of piperidine rings is 1. The summed E-state index contributed by atoms with van der Waals surface area (Å²) in [6, 6.07) is 6.55. The second-order valence-electron chi connectivity index (χ2n) is 5.18. The molecule has 4 nitrogen and oxygen atoms in total. The third-order valence-corrected chi connectivity index (χ3v) is 5.38. The van der Waals surface area contributed by atoms with E-state index < -0.39 is 10.2 Å². The van der Waals surface area contributed by atoms with E-state index in [0.717, 1.165) is 24.8 Å². The third-order valence-electron chi connectivity index (χ3n) is 3.68. The lowest BCUT2D eigenvalue weighted by Crippen LogP contribution is -2.45. The standard InChI is InChI=1S/C14H21FN2O2S/c1-2-16-20(18,19)17-9-7-13(8-10-17)11-12-3-5-14(15)6-4-12/h3-6,13,16H,2,7-11H2,1H3. The van der Waals surface area contributed by atoms with Crippen LogP contribution in [-0.2, 0) is 16.6 Å². The van der Waals surface area contributed by atoms with Crippen LogP contribution in [0.2, 0.25) is 0 Å². The van der Waals surface area contributed by atoms with Crippen molar-refractivity contribution in [2.75, 3.05) is 19.6 Å². The summed E-state index contributed by atoms with van der Waals surface area (Å²) < 4.78 is 40.6. The summed E-state index contributed by atoms with van der Waals surface area (Å²) >= 11 is 0. The molecule has 0 unspecified atom stereocenters. The predicted molar refractivity (Wildman–Crippen MR) is 77.0 cm³/mol. The van der Waals surface area contributed by atoms with Crippen molar-refractivity contribution in [3.05, 3.63) is 35.6 Å². The fourth-order valence-electron chi connectivity index (χ4n) is 2.58. The Balaban J connectivity index is 1.87. The number of halogens is 1. The summed E-state index contributed by atoms with van der Waals surface area (Å²) in [7, 11) is -3.30. The van der Waals surface area contributed by atoms with Gasteiger partial charge in [0.05, 0.1) is 0 Å². The zero-order valence-corrected chi connectivity index (χ0v) is 12.5. The van der Waals surface area contributed by atoms with Crippen LogP contribution in [-0.4, -0.2) is 32.4 Å². The molecule has 0 spiro atoms. The minimum Gasteiger partial charge on any atom is -0.207 e. The lowest BCUT2D eigenvalue weighted by atomic mass is 9.91. The first kappa shape index (κ1) is 15.4. The lowest BCUT2D eigenvalue weighted by molar-refractivity contribution is 0.270. The average Bonchev–Trinajstić information content (AvgIpc) is 2.42. The Hall–Kier alpha value is -0.980. The van der Waals surface area contributed by atoms with Crippen LogP contribution in [0.25, 0.3) is 0 Å². The fraction of sp³-hybridized carbons (Fsp3) is 0.571. The smallest absolute Gasteiger partial charge is 0.207 e. The summed E-state index contributed by atoms with van der Waals surface area (Å²) in [6.45, 7) is 3.30. The van der Waals surface area contributed by atoms with E-state index in [-0.39, 0.29) is 5.82 Å². The number of hydrogen-bond donors (Lipinski definition) is 1. The molecule has 1 aliphatic rings. The Kier molecular flexibility index (Phi) is 5.12. The number of hydrogen-bond acceptors (Lipinski definition) is 2. The van der Waals surface area contributed by atoms with Gasteiger partial charge in [0.25, 0.3) is 10.2 Å². The van der Waals surface area contributed by atoms with E-state index in [9.17, 15) is 12.8 Å². The maximum atomic E-state index is 12.8. The van der Waals surface area contributed by atoms with Gasteiger partial charge in [0.1, 0.15) is 5.82 Å². The first-order chi connectivity index (χ1) is 9.51. The molecule has 2 rings (SSSR count). The molecule has 0 bridgehead atoms. The van der Waals surface area contributed by atoms with Gasteiger partial charge in [0, 0.05) is 19.6 Å². The molecule has 0 aromatic heterocycles. The molecule has 1 N–H and O–H groups in total. The quantitative estimate of drug-likeness (QED) is 0.903. The highest BCUT2D eigenvalue weighted by molar-refractivity contribution is 7.87. The second-order valence-corrected chi connectivity index (χ2v) is 6.93. The van der Waals surface area contributed by atoms with Crippen molar-refractivity contribution in [1.29, 1.82) is 0 Å². The Labute approximate surface area is 120 Å². The molecule has 20 heavy (non-hydrogen) atoms. The van der Waals surface area contributed by atoms with Crippen molar-refractivity contribution in [2.24, 2.45) is 5.92 Å². The van der Waals surface area contributed by atoms with Gasteiger partial charge in [-0.05, 0) is 42.9 Å². The van der Waals surface area contributed by atoms with Crippen molar-refractivity contribution < 1.29 is 12.8 Å². The van der Waals surface area contributed by atoms with Gasteiger partial charge >= 0.3 is 0 Å². The van der Waals surface area contributed by atoms with Gasteiger partial charge < -0.3 is 0 Å². The molecule has 0 radical (unpaired) electrons. The number of benzene rings is 1. The van der Waals surface area contributed by atoms with Gasteiger partial charge in [0.15, 0.2) is 0 Å². The molecule has 6 heteroatoms. The molecule has 112 valence electrons. The zero-order chi connectivity index (χ0) is 14.6. The zero-order valence-electron chi connectivity index (χ0n) is 11.7. The van der Waals surface area contributed by atoms with Crippen molar-refractivity contribution in [3.8, 4) is 0 Å². The van der Waals surface area contributed by atoms with E-state index in [1.54, 1.807) is 19.1 Å². The van der Waals surface area contributed by atoms with Crippen molar-refractivity contribution in [1.82, 2.24) is 9.03 Å². The highest BCUT2D eigenvalue weighted by atomic mass is 32.2. The van der Waals surface area contributed by atoms with Crippen LogP contribution in [0.1, 0.15) is 25.3 Å². The molecule has 0 amide bonds. The minimum atomic E-state index is -3.30. The van der Waals surface area contributed by atoms with Gasteiger partial charge in [-0.25, -0.2) is 9.11 Å². The van der Waals surface area contributed by atoms with E-state index in [1.807, 2.05) is 0 Å². The lowest BCUT2D eigenvalue weighted by Gasteiger charge is -2.31. The van der Waals surface area contributed by atoms with Crippen molar-refractivity contribution in [3.63, 3.8) is 0 Å². The van der Waals surface area contributed by atoms with Crippen LogP contribution < -0.4 is 4.72 Å². The topological polar surface area (TPSA) is 49.4 Å². The van der Waals surface area contributed by atoms with Gasteiger partial charge in [-0.3, -0.25) is 0 Å². The fourth-order valence-corrected chi connectivity index (χ4v) is 3.82. The van der Waals surface area contributed by atoms with Crippen LogP contribution in [0.15, 0.2) is 24.3 Å². The van der Waals surface area contributed by atoms with Crippen molar-refractivity contribution in [2.45, 2.75) is 26.2 Å². The summed E-state index contributed by atoms with van der Waals surface area (Å²) in [4.78, 5) is 0. The van der Waals surface area contributed by atoms with Gasteiger partial charge in [-0.2, -0.15) is 12.7 Å². The third kappa shape index (κ3) is 4.01. The van der Waals surface area contributed by atoms with Crippen LogP contribution in [0.3, 0.4) is 0 Å². The Morgan fingerprint density at radius 2 is 1.85 bits per heavy atom. The predicted octanol–water partition coefficient (Wildman–Crippen LogP) is 1.93. The molecular formula is C14H21FN2O2S. The number of nitrogens with zero attached hydrogens (tertiary/aromatic N) is 1. The molecular weight excluding hydrogens is 279 g/mol. The molecule has 1 heterocycles. The van der Waals surface area contributed by atoms with E-state index in [2.05, 4.69) is 4.72 Å². The normalized spacial score (nSPS) is 18.3. The Bertz CT molecular complexity index is 523. The minimum absolute atomic E-state index is 0.222. The summed E-state index contributed by atoms with van der Waals surface area (Å²) in [5.41, 5.74) is 1.11. The molecule has 0 atom stereocenters. The maximum Gasteiger partial charge on any atom is 0.279 e. The Morgan fingerprint density at radius 3 is 2.40 bits per heavy atom. The first-order valence-corrected chi connectivity index (χ1v) is 8.44. The molecule has 1 aromatic carbocycles. The molecule has 1 fully saturated rings. The van der Waals surface area contributed by atoms with Gasteiger partial charge in [-0.1, -0.05) is 19.1 Å². The molecule has 1 aliphatic heterocycles. The average molecular weight is 300 g/mol. The first-order valence-electron chi connectivity index (χ1n) is 7.00. The van der Waals surface area contributed by atoms with E-state index in [4.69, 9.17) is 0 Å². The van der Waals surface area contributed by atoms with Crippen LogP contribution >= 0.6 is 0 Å². The monoisotopic (exact) mass is 300 g/mol. The van der Waals surface area contributed by atoms with E-state index in [1.165, 1.54) is 16.4 Å². The van der Waals surface area contributed by atoms with E-state index in [0.29, 0.717) is 25.6 Å². The largest absolute Gasteiger partial charge is 0.279 e. The van der Waals surface area contributed by atoms with E-state index >= 15 is 0 Å². The van der Waals surface area contributed by atoms with Gasteiger partial charge in [0.2, 0.25) is 0 Å². The molecule has 0 saturated carbocycles. The molecule has 0 aliphatic carbocycles. The van der Waals surface area contributed by atoms with Gasteiger partial charge in [-0.15, -0.1) is 0 Å². The Morgan fingerprint density at radius 1 is 1.25 bits per heavy atom. The van der Waals surface area contributed by atoms with Crippen LogP contribution in [0.4, 0.5) is 4.39 Å². The summed E-state index contributed by atoms with van der Waals surface area (Å²) in [5.74, 6) is 0.244. The highest BCUT2D eigenvalue weighted by Crippen LogP contribution is 2.23. The summed E-state index contributed by atoms with van der Waals surface area (Å²) in [6.07, 6.45) is 2.58. The molecule has 1 saturated heterocycles. The maximum absolute atomic E-state index is 12.8. The van der Waals surface area contributed by atoms with Crippen LogP contribution in [0.5, 0.6) is 0 Å². The van der Waals surface area contributed by atoms with Crippen molar-refractivity contribution >= 4 is 10.2 Å². The molecule has 1 aromatic rings. The summed E-state index contributed by atoms with van der Waals surface area (Å²) in [5, 5.41) is 0. The highest BCUT2D eigenvalue weighted by Gasteiger charge is 2.27. The number of nitrogens with one attached hydrogen (secondary N) is 1. The number of rotatable bonds is 5. The van der Waals surface area contributed by atoms with Crippen LogP contribution in [0, 0.1) is 11.7 Å².